The molecule has 2 atom stereocenters. The van der Waals surface area contributed by atoms with Gasteiger partial charge in [0.2, 0.25) is 11.8 Å². The van der Waals surface area contributed by atoms with Gasteiger partial charge in [-0.2, -0.15) is 0 Å². The molecule has 8 heteroatoms. The number of hydrogen-bond acceptors (Lipinski definition) is 6. The van der Waals surface area contributed by atoms with Gasteiger partial charge >= 0.3 is 6.09 Å². The molecule has 0 bridgehead atoms. The molecule has 2 N–H and O–H groups in total. The highest BCUT2D eigenvalue weighted by atomic mass is 16.6. The number of nitrogens with one attached hydrogen (secondary N) is 2. The second-order valence-electron chi connectivity index (χ2n) is 9.32. The Kier molecular flexibility index (Phi) is 7.33. The molecule has 2 aliphatic heterocycles. The van der Waals surface area contributed by atoms with Gasteiger partial charge in [0, 0.05) is 19.5 Å². The normalized spacial score (nSPS) is 24.2. The molecule has 0 radical (unpaired) electrons. The lowest BCUT2D eigenvalue weighted by Gasteiger charge is -2.40. The maximum Gasteiger partial charge on any atom is 0.410 e. The van der Waals surface area contributed by atoms with E-state index in [1.807, 2.05) is 51.1 Å². The van der Waals surface area contributed by atoms with Crippen LogP contribution in [0.15, 0.2) is 30.3 Å². The molecule has 0 spiro atoms. The lowest BCUT2D eigenvalue weighted by molar-refractivity contribution is -0.134. The molecule has 170 valence electrons. The first kappa shape index (κ1) is 23.2. The van der Waals surface area contributed by atoms with Gasteiger partial charge in [-0.25, -0.2) is 4.79 Å². The van der Waals surface area contributed by atoms with E-state index in [9.17, 15) is 14.4 Å². The molecule has 1 aromatic carbocycles. The van der Waals surface area contributed by atoms with Gasteiger partial charge in [-0.3, -0.25) is 19.8 Å². The highest BCUT2D eigenvalue weighted by molar-refractivity contribution is 6.00. The number of piperidine rings is 1. The van der Waals surface area contributed by atoms with Crippen LogP contribution in [0.1, 0.15) is 52.0 Å². The Balaban J connectivity index is 1.71. The number of hydrogen-bond donors (Lipinski definition) is 2. The summed E-state index contributed by atoms with van der Waals surface area (Å²) >= 11 is 0. The van der Waals surface area contributed by atoms with Crippen molar-refractivity contribution in [1.82, 2.24) is 15.5 Å². The average molecular weight is 432 g/mol. The summed E-state index contributed by atoms with van der Waals surface area (Å²) in [5.41, 5.74) is -0.177. The summed E-state index contributed by atoms with van der Waals surface area (Å²) in [7, 11) is 0. The lowest BCUT2D eigenvalue weighted by Crippen LogP contribution is -2.60. The molecule has 3 amide bonds. The third kappa shape index (κ3) is 6.27. The van der Waals surface area contributed by atoms with Crippen LogP contribution in [0.3, 0.4) is 0 Å². The topological polar surface area (TPSA) is 97.0 Å². The predicted octanol–water partition coefficient (Wildman–Crippen LogP) is 2.37. The first-order valence-electron chi connectivity index (χ1n) is 10.9. The van der Waals surface area contributed by atoms with E-state index in [4.69, 9.17) is 9.47 Å². The van der Waals surface area contributed by atoms with E-state index in [2.05, 4.69) is 10.6 Å². The van der Waals surface area contributed by atoms with E-state index in [-0.39, 0.29) is 17.9 Å². The molecule has 2 fully saturated rings. The fourth-order valence-corrected chi connectivity index (χ4v) is 4.06. The van der Waals surface area contributed by atoms with Crippen LogP contribution in [0.25, 0.3) is 0 Å². The summed E-state index contributed by atoms with van der Waals surface area (Å²) in [6.45, 7) is 7.24. The third-order valence-electron chi connectivity index (χ3n) is 5.61. The SMILES string of the molecule is CC(C)(C)OC(=O)N1CCCC1(CNC1CCC(=O)NC1=O)COCc1ccccc1. The fraction of sp³-hybridized carbons (Fsp3) is 0.609. The number of rotatable bonds is 7. The largest absolute Gasteiger partial charge is 0.444 e. The van der Waals surface area contributed by atoms with Crippen LogP contribution in [-0.4, -0.2) is 59.7 Å². The molecule has 0 aromatic heterocycles. The molecular weight excluding hydrogens is 398 g/mol. The number of benzene rings is 1. The minimum atomic E-state index is -0.626. The zero-order chi connectivity index (χ0) is 22.5. The Morgan fingerprint density at radius 2 is 2.00 bits per heavy atom. The lowest BCUT2D eigenvalue weighted by atomic mass is 9.95. The first-order chi connectivity index (χ1) is 14.7. The Morgan fingerprint density at radius 1 is 1.26 bits per heavy atom. The van der Waals surface area contributed by atoms with Crippen molar-refractivity contribution in [1.29, 1.82) is 0 Å². The zero-order valence-electron chi connectivity index (χ0n) is 18.6. The molecule has 0 aliphatic carbocycles. The van der Waals surface area contributed by atoms with Gasteiger partial charge in [0.05, 0.1) is 24.8 Å². The van der Waals surface area contributed by atoms with E-state index in [0.29, 0.717) is 39.1 Å². The van der Waals surface area contributed by atoms with Gasteiger partial charge < -0.3 is 14.8 Å². The molecule has 0 saturated carbocycles. The number of likely N-dealkylation sites (tertiary alicyclic amines) is 1. The second-order valence-corrected chi connectivity index (χ2v) is 9.32. The Hall–Kier alpha value is -2.45. The standard InChI is InChI=1S/C23H33N3O5/c1-22(2,3)31-21(29)26-13-7-12-23(26,16-30-14-17-8-5-4-6-9-17)15-24-18-10-11-19(27)25-20(18)28/h4-6,8-9,18,24H,7,10-16H2,1-3H3,(H,25,27,28). The number of amides is 3. The number of carbonyl (C=O) groups is 3. The van der Waals surface area contributed by atoms with Gasteiger partial charge in [0.25, 0.3) is 0 Å². The molecule has 2 saturated heterocycles. The highest BCUT2D eigenvalue weighted by Gasteiger charge is 2.46. The molecule has 3 rings (SSSR count). The van der Waals surface area contributed by atoms with Crippen molar-refractivity contribution in [2.24, 2.45) is 0 Å². The fourth-order valence-electron chi connectivity index (χ4n) is 4.06. The van der Waals surface area contributed by atoms with Crippen LogP contribution in [0.2, 0.25) is 0 Å². The number of nitrogens with zero attached hydrogens (tertiary/aromatic N) is 1. The van der Waals surface area contributed by atoms with Crippen molar-refractivity contribution in [3.63, 3.8) is 0 Å². The summed E-state index contributed by atoms with van der Waals surface area (Å²) in [6.07, 6.45) is 1.93. The van der Waals surface area contributed by atoms with E-state index >= 15 is 0 Å². The monoisotopic (exact) mass is 431 g/mol. The van der Waals surface area contributed by atoms with Crippen LogP contribution in [0, 0.1) is 0 Å². The number of imide groups is 1. The van der Waals surface area contributed by atoms with Gasteiger partial charge in [-0.05, 0) is 45.6 Å². The molecular formula is C23H33N3O5. The molecule has 2 unspecified atom stereocenters. The quantitative estimate of drug-likeness (QED) is 0.644. The maximum atomic E-state index is 13.0. The molecule has 31 heavy (non-hydrogen) atoms. The van der Waals surface area contributed by atoms with E-state index in [1.54, 1.807) is 4.90 Å². The maximum absolute atomic E-state index is 13.0. The van der Waals surface area contributed by atoms with Crippen molar-refractivity contribution in [3.05, 3.63) is 35.9 Å². The minimum Gasteiger partial charge on any atom is -0.444 e. The van der Waals surface area contributed by atoms with Crippen molar-refractivity contribution >= 4 is 17.9 Å². The Bertz CT molecular complexity index is 792. The summed E-state index contributed by atoms with van der Waals surface area (Å²) in [5, 5.41) is 5.65. The molecule has 2 aliphatic rings. The van der Waals surface area contributed by atoms with E-state index in [1.165, 1.54) is 0 Å². The van der Waals surface area contributed by atoms with Gasteiger partial charge in [0.15, 0.2) is 0 Å². The predicted molar refractivity (Wildman–Crippen MR) is 115 cm³/mol. The Morgan fingerprint density at radius 3 is 2.68 bits per heavy atom. The smallest absolute Gasteiger partial charge is 0.410 e. The highest BCUT2D eigenvalue weighted by Crippen LogP contribution is 2.32. The zero-order valence-corrected chi connectivity index (χ0v) is 18.6. The minimum absolute atomic E-state index is 0.250. The van der Waals surface area contributed by atoms with Crippen LogP contribution in [-0.2, 0) is 25.7 Å². The number of carbonyl (C=O) groups excluding carboxylic acids is 3. The summed E-state index contributed by atoms with van der Waals surface area (Å²) < 4.78 is 11.7. The number of ether oxygens (including phenoxy) is 2. The van der Waals surface area contributed by atoms with Gasteiger partial charge in [-0.15, -0.1) is 0 Å². The van der Waals surface area contributed by atoms with Crippen molar-refractivity contribution in [2.45, 2.75) is 70.2 Å². The van der Waals surface area contributed by atoms with E-state index in [0.717, 1.165) is 18.4 Å². The summed E-state index contributed by atoms with van der Waals surface area (Å²) in [5.74, 6) is -0.571. The molecule has 2 heterocycles. The van der Waals surface area contributed by atoms with Gasteiger partial charge in [-0.1, -0.05) is 30.3 Å². The Labute approximate surface area is 183 Å². The molecule has 8 nitrogen and oxygen atoms in total. The van der Waals surface area contributed by atoms with Gasteiger partial charge in [0.1, 0.15) is 5.60 Å². The summed E-state index contributed by atoms with van der Waals surface area (Å²) in [4.78, 5) is 38.3. The second kappa shape index (κ2) is 9.78. The first-order valence-corrected chi connectivity index (χ1v) is 10.9. The van der Waals surface area contributed by atoms with Crippen molar-refractivity contribution in [3.8, 4) is 0 Å². The molecule has 1 aromatic rings. The van der Waals surface area contributed by atoms with Crippen molar-refractivity contribution < 1.29 is 23.9 Å². The van der Waals surface area contributed by atoms with E-state index < -0.39 is 17.2 Å². The summed E-state index contributed by atoms with van der Waals surface area (Å²) in [6, 6.07) is 9.40. The van der Waals surface area contributed by atoms with Crippen LogP contribution < -0.4 is 10.6 Å². The van der Waals surface area contributed by atoms with Crippen LogP contribution >= 0.6 is 0 Å². The van der Waals surface area contributed by atoms with Crippen molar-refractivity contribution in [2.75, 3.05) is 19.7 Å². The van der Waals surface area contributed by atoms with Crippen LogP contribution in [0.5, 0.6) is 0 Å². The average Bonchev–Trinajstić information content (AvgIpc) is 3.11. The third-order valence-corrected chi connectivity index (χ3v) is 5.61. The van der Waals surface area contributed by atoms with Crippen LogP contribution in [0.4, 0.5) is 4.79 Å².